The number of fused-ring (bicyclic) bond motifs is 1. The summed E-state index contributed by atoms with van der Waals surface area (Å²) in [4.78, 5) is 17.6. The van der Waals surface area contributed by atoms with Crippen molar-refractivity contribution < 1.29 is 4.79 Å². The molecule has 1 saturated heterocycles. The van der Waals surface area contributed by atoms with Crippen molar-refractivity contribution in [3.8, 4) is 0 Å². The van der Waals surface area contributed by atoms with E-state index in [-0.39, 0.29) is 11.8 Å². The second kappa shape index (κ2) is 9.37. The first-order valence-corrected chi connectivity index (χ1v) is 11.3. The van der Waals surface area contributed by atoms with Crippen LogP contribution in [0.1, 0.15) is 29.2 Å². The van der Waals surface area contributed by atoms with Crippen LogP contribution in [0.15, 0.2) is 91.1 Å². The molecule has 0 bridgehead atoms. The van der Waals surface area contributed by atoms with E-state index < -0.39 is 0 Å². The van der Waals surface area contributed by atoms with Crippen LogP contribution >= 0.6 is 0 Å². The molecule has 0 spiro atoms. The number of carbonyl (C=O) groups excluding carboxylic acids is 1. The van der Waals surface area contributed by atoms with Crippen molar-refractivity contribution in [1.29, 1.82) is 0 Å². The Labute approximate surface area is 188 Å². The zero-order valence-electron chi connectivity index (χ0n) is 18.2. The topological polar surface area (TPSA) is 40.9 Å². The fraction of sp³-hybridized carbons (Fsp3) is 0.259. The van der Waals surface area contributed by atoms with Gasteiger partial charge < -0.3 is 4.90 Å². The van der Waals surface area contributed by atoms with Gasteiger partial charge in [-0.05, 0) is 29.3 Å². The summed E-state index contributed by atoms with van der Waals surface area (Å²) in [6, 6.07) is 29.0. The predicted molar refractivity (Wildman–Crippen MR) is 126 cm³/mol. The molecule has 0 saturated carbocycles. The third-order valence-corrected chi connectivity index (χ3v) is 6.31. The Morgan fingerprint density at radius 1 is 0.812 bits per heavy atom. The van der Waals surface area contributed by atoms with Crippen molar-refractivity contribution in [2.24, 2.45) is 0 Å². The number of aromatic nitrogens is 2. The number of rotatable bonds is 6. The van der Waals surface area contributed by atoms with Gasteiger partial charge in [0.2, 0.25) is 5.91 Å². The maximum Gasteiger partial charge on any atom is 0.223 e. The summed E-state index contributed by atoms with van der Waals surface area (Å²) in [6.07, 6.45) is 2.48. The number of carbonyl (C=O) groups is 1. The van der Waals surface area contributed by atoms with Gasteiger partial charge in [0.15, 0.2) is 0 Å². The van der Waals surface area contributed by atoms with E-state index in [0.717, 1.165) is 43.9 Å². The lowest BCUT2D eigenvalue weighted by Gasteiger charge is -2.35. The lowest BCUT2D eigenvalue weighted by atomic mass is 9.88. The molecule has 3 heterocycles. The van der Waals surface area contributed by atoms with Crippen molar-refractivity contribution in [2.45, 2.75) is 18.9 Å². The van der Waals surface area contributed by atoms with Crippen molar-refractivity contribution in [3.63, 3.8) is 0 Å². The first-order chi connectivity index (χ1) is 15.8. The molecular formula is C27H28N4O. The Bertz CT molecular complexity index is 1090. The number of pyridine rings is 1. The van der Waals surface area contributed by atoms with Crippen molar-refractivity contribution in [1.82, 2.24) is 19.4 Å². The average Bonchev–Trinajstić information content (AvgIpc) is 3.26. The second-order valence-corrected chi connectivity index (χ2v) is 8.44. The Morgan fingerprint density at radius 2 is 1.44 bits per heavy atom. The molecule has 5 heteroatoms. The van der Waals surface area contributed by atoms with Crippen LogP contribution in [0.4, 0.5) is 0 Å². The molecule has 0 radical (unpaired) electrons. The Kier molecular flexibility index (Phi) is 5.99. The molecule has 0 aliphatic carbocycles. The predicted octanol–water partition coefficient (Wildman–Crippen LogP) is 4.20. The molecule has 4 aromatic rings. The maximum absolute atomic E-state index is 13.2. The molecule has 5 nitrogen and oxygen atoms in total. The van der Waals surface area contributed by atoms with Gasteiger partial charge in [-0.3, -0.25) is 9.69 Å². The number of piperazine rings is 1. The summed E-state index contributed by atoms with van der Waals surface area (Å²) in [7, 11) is 0. The normalized spacial score (nSPS) is 14.8. The van der Waals surface area contributed by atoms with E-state index in [4.69, 9.17) is 0 Å². The molecular weight excluding hydrogens is 396 g/mol. The minimum atomic E-state index is 0.0842. The molecule has 32 heavy (non-hydrogen) atoms. The monoisotopic (exact) mass is 424 g/mol. The standard InChI is InChI=1S/C27H28N4O/c32-27(20-26(22-9-3-1-4-10-22)23-11-5-2-6-12-23)30-17-15-29(16-18-30)21-24-19-25-13-7-8-14-31(25)28-24/h1-14,19,26H,15-18,20-21H2. The van der Waals surface area contributed by atoms with Gasteiger partial charge in [-0.1, -0.05) is 66.7 Å². The zero-order chi connectivity index (χ0) is 21.8. The quantitative estimate of drug-likeness (QED) is 0.466. The minimum Gasteiger partial charge on any atom is -0.340 e. The first kappa shape index (κ1) is 20.5. The highest BCUT2D eigenvalue weighted by Gasteiger charge is 2.25. The van der Waals surface area contributed by atoms with Crippen molar-refractivity contribution in [3.05, 3.63) is 108 Å². The van der Waals surface area contributed by atoms with Gasteiger partial charge in [0.25, 0.3) is 0 Å². The van der Waals surface area contributed by atoms with Crippen LogP contribution < -0.4 is 0 Å². The number of nitrogens with zero attached hydrogens (tertiary/aromatic N) is 4. The highest BCUT2D eigenvalue weighted by molar-refractivity contribution is 5.78. The molecule has 1 amide bonds. The van der Waals surface area contributed by atoms with Crippen LogP contribution in [-0.4, -0.2) is 51.5 Å². The fourth-order valence-electron chi connectivity index (χ4n) is 4.56. The van der Waals surface area contributed by atoms with Gasteiger partial charge in [-0.2, -0.15) is 5.10 Å². The molecule has 1 aliphatic heterocycles. The largest absolute Gasteiger partial charge is 0.340 e. The maximum atomic E-state index is 13.2. The lowest BCUT2D eigenvalue weighted by molar-refractivity contribution is -0.133. The lowest BCUT2D eigenvalue weighted by Crippen LogP contribution is -2.48. The van der Waals surface area contributed by atoms with E-state index in [1.54, 1.807) is 0 Å². The van der Waals surface area contributed by atoms with Crippen molar-refractivity contribution in [2.75, 3.05) is 26.2 Å². The van der Waals surface area contributed by atoms with Gasteiger partial charge in [0, 0.05) is 51.3 Å². The number of amides is 1. The summed E-state index contributed by atoms with van der Waals surface area (Å²) in [5.74, 6) is 0.316. The molecule has 0 unspecified atom stereocenters. The van der Waals surface area contributed by atoms with Gasteiger partial charge in [0.1, 0.15) is 0 Å². The minimum absolute atomic E-state index is 0.0842. The summed E-state index contributed by atoms with van der Waals surface area (Å²) in [5.41, 5.74) is 4.57. The second-order valence-electron chi connectivity index (χ2n) is 8.44. The van der Waals surface area contributed by atoms with E-state index in [1.165, 1.54) is 11.1 Å². The average molecular weight is 425 g/mol. The van der Waals surface area contributed by atoms with Crippen LogP contribution in [0, 0.1) is 0 Å². The van der Waals surface area contributed by atoms with Crippen LogP contribution in [-0.2, 0) is 11.3 Å². The van der Waals surface area contributed by atoms with Gasteiger partial charge in [-0.15, -0.1) is 0 Å². The molecule has 0 N–H and O–H groups in total. The summed E-state index contributed by atoms with van der Waals surface area (Å²) < 4.78 is 1.92. The van der Waals surface area contributed by atoms with Gasteiger partial charge >= 0.3 is 0 Å². The van der Waals surface area contributed by atoms with E-state index in [1.807, 2.05) is 64.1 Å². The SMILES string of the molecule is O=C(CC(c1ccccc1)c1ccccc1)N1CCN(Cc2cc3ccccn3n2)CC1. The number of benzene rings is 2. The third-order valence-electron chi connectivity index (χ3n) is 6.31. The fourth-order valence-corrected chi connectivity index (χ4v) is 4.56. The van der Waals surface area contributed by atoms with Crippen LogP contribution in [0.25, 0.3) is 5.52 Å². The molecule has 0 atom stereocenters. The highest BCUT2D eigenvalue weighted by atomic mass is 16.2. The molecule has 2 aromatic carbocycles. The number of hydrogen-bond donors (Lipinski definition) is 0. The summed E-state index contributed by atoms with van der Waals surface area (Å²) in [5, 5.41) is 4.66. The van der Waals surface area contributed by atoms with E-state index >= 15 is 0 Å². The van der Waals surface area contributed by atoms with E-state index in [2.05, 4.69) is 46.4 Å². The first-order valence-electron chi connectivity index (χ1n) is 11.3. The Morgan fingerprint density at radius 3 is 2.06 bits per heavy atom. The Hall–Kier alpha value is -3.44. The number of hydrogen-bond acceptors (Lipinski definition) is 3. The Balaban J connectivity index is 1.21. The molecule has 1 aliphatic rings. The van der Waals surface area contributed by atoms with Crippen LogP contribution in [0.5, 0.6) is 0 Å². The van der Waals surface area contributed by atoms with E-state index in [0.29, 0.717) is 6.42 Å². The third kappa shape index (κ3) is 4.58. The summed E-state index contributed by atoms with van der Waals surface area (Å²) >= 11 is 0. The molecule has 1 fully saturated rings. The zero-order valence-corrected chi connectivity index (χ0v) is 18.2. The molecule has 162 valence electrons. The van der Waals surface area contributed by atoms with Gasteiger partial charge in [-0.25, -0.2) is 4.52 Å². The van der Waals surface area contributed by atoms with Crippen molar-refractivity contribution >= 4 is 11.4 Å². The van der Waals surface area contributed by atoms with Crippen LogP contribution in [0.2, 0.25) is 0 Å². The molecule has 2 aromatic heterocycles. The van der Waals surface area contributed by atoms with Gasteiger partial charge in [0.05, 0.1) is 11.2 Å². The van der Waals surface area contributed by atoms with E-state index in [9.17, 15) is 4.79 Å². The van der Waals surface area contributed by atoms with Crippen LogP contribution in [0.3, 0.4) is 0 Å². The molecule has 5 rings (SSSR count). The highest BCUT2D eigenvalue weighted by Crippen LogP contribution is 2.28. The summed E-state index contributed by atoms with van der Waals surface area (Å²) in [6.45, 7) is 4.10. The smallest absolute Gasteiger partial charge is 0.223 e.